The van der Waals surface area contributed by atoms with Crippen LogP contribution in [0.5, 0.6) is 0 Å². The third kappa shape index (κ3) is 4.38. The molecule has 21 heavy (non-hydrogen) atoms. The van der Waals surface area contributed by atoms with Gasteiger partial charge < -0.3 is 10.6 Å². The molecule has 0 saturated carbocycles. The molecule has 0 aliphatic rings. The average molecular weight is 316 g/mol. The Morgan fingerprint density at radius 2 is 1.86 bits per heavy atom. The van der Waals surface area contributed by atoms with E-state index < -0.39 is 20.6 Å². The number of rotatable bonds is 7. The number of sulfonamides is 1. The van der Waals surface area contributed by atoms with Crippen molar-refractivity contribution >= 4 is 21.4 Å². The summed E-state index contributed by atoms with van der Waals surface area (Å²) in [5.74, 6) is 0. The molecule has 1 aromatic carbocycles. The van der Waals surface area contributed by atoms with Gasteiger partial charge in [-0.1, -0.05) is 0 Å². The molecule has 1 aromatic rings. The monoisotopic (exact) mass is 316 g/mol. The molecule has 0 aromatic heterocycles. The zero-order valence-corrected chi connectivity index (χ0v) is 13.1. The second-order valence-electron chi connectivity index (χ2n) is 4.97. The predicted molar refractivity (Wildman–Crippen MR) is 80.5 cm³/mol. The van der Waals surface area contributed by atoms with Gasteiger partial charge in [-0.25, -0.2) is 12.7 Å². The fraction of sp³-hybridized carbons (Fsp3) is 0.500. The average Bonchev–Trinajstić information content (AvgIpc) is 2.37. The van der Waals surface area contributed by atoms with E-state index in [9.17, 15) is 18.5 Å². The molecule has 8 nitrogen and oxygen atoms in total. The highest BCUT2D eigenvalue weighted by Crippen LogP contribution is 2.28. The van der Waals surface area contributed by atoms with Gasteiger partial charge in [0, 0.05) is 25.3 Å². The van der Waals surface area contributed by atoms with Crippen LogP contribution in [-0.4, -0.2) is 56.8 Å². The SMILES string of the molecule is CN(C)CCCN(C)S(=O)(=O)c1ccc(N)cc1[N+](=O)[O-]. The maximum Gasteiger partial charge on any atom is 0.291 e. The lowest BCUT2D eigenvalue weighted by atomic mass is 10.3. The Hall–Kier alpha value is -1.71. The van der Waals surface area contributed by atoms with Crippen LogP contribution in [0.25, 0.3) is 0 Å². The number of hydrogen-bond acceptors (Lipinski definition) is 6. The fourth-order valence-corrected chi connectivity index (χ4v) is 3.14. The van der Waals surface area contributed by atoms with Crippen molar-refractivity contribution in [3.05, 3.63) is 28.3 Å². The highest BCUT2D eigenvalue weighted by molar-refractivity contribution is 7.89. The molecule has 0 saturated heterocycles. The van der Waals surface area contributed by atoms with E-state index in [1.807, 2.05) is 19.0 Å². The van der Waals surface area contributed by atoms with Crippen molar-refractivity contribution in [2.24, 2.45) is 0 Å². The lowest BCUT2D eigenvalue weighted by molar-refractivity contribution is -0.387. The minimum atomic E-state index is -3.91. The molecule has 0 bridgehead atoms. The Morgan fingerprint density at radius 1 is 1.24 bits per heavy atom. The molecule has 0 radical (unpaired) electrons. The minimum Gasteiger partial charge on any atom is -0.399 e. The van der Waals surface area contributed by atoms with Gasteiger partial charge in [0.2, 0.25) is 10.0 Å². The van der Waals surface area contributed by atoms with Gasteiger partial charge in [0.1, 0.15) is 0 Å². The number of hydrogen-bond donors (Lipinski definition) is 1. The molecule has 2 N–H and O–H groups in total. The van der Waals surface area contributed by atoms with Crippen molar-refractivity contribution < 1.29 is 13.3 Å². The molecule has 118 valence electrons. The first kappa shape index (κ1) is 17.3. The van der Waals surface area contributed by atoms with Crippen molar-refractivity contribution in [1.82, 2.24) is 9.21 Å². The van der Waals surface area contributed by atoms with E-state index in [-0.39, 0.29) is 17.1 Å². The maximum absolute atomic E-state index is 12.4. The number of anilines is 1. The van der Waals surface area contributed by atoms with Gasteiger partial charge in [-0.15, -0.1) is 0 Å². The Morgan fingerprint density at radius 3 is 2.38 bits per heavy atom. The summed E-state index contributed by atoms with van der Waals surface area (Å²) in [6.07, 6.45) is 0.630. The predicted octanol–water partition coefficient (Wildman–Crippen LogP) is 0.749. The van der Waals surface area contributed by atoms with Crippen LogP contribution in [0.15, 0.2) is 23.1 Å². The molecule has 0 spiro atoms. The van der Waals surface area contributed by atoms with Crippen LogP contribution in [-0.2, 0) is 10.0 Å². The second-order valence-corrected chi connectivity index (χ2v) is 6.98. The second kappa shape index (κ2) is 6.83. The minimum absolute atomic E-state index is 0.149. The molecule has 0 atom stereocenters. The molecular weight excluding hydrogens is 296 g/mol. The van der Waals surface area contributed by atoms with Gasteiger partial charge in [-0.05, 0) is 39.2 Å². The molecule has 0 unspecified atom stereocenters. The van der Waals surface area contributed by atoms with Crippen LogP contribution in [0.2, 0.25) is 0 Å². The van der Waals surface area contributed by atoms with Gasteiger partial charge in [0.15, 0.2) is 4.90 Å². The molecule has 1 rings (SSSR count). The summed E-state index contributed by atoms with van der Waals surface area (Å²) >= 11 is 0. The summed E-state index contributed by atoms with van der Waals surface area (Å²) in [4.78, 5) is 11.9. The van der Waals surface area contributed by atoms with Crippen LogP contribution in [0.4, 0.5) is 11.4 Å². The molecule has 0 aliphatic carbocycles. The highest BCUT2D eigenvalue weighted by atomic mass is 32.2. The van der Waals surface area contributed by atoms with Crippen molar-refractivity contribution in [2.45, 2.75) is 11.3 Å². The van der Waals surface area contributed by atoms with E-state index in [1.54, 1.807) is 0 Å². The van der Waals surface area contributed by atoms with Gasteiger partial charge in [0.05, 0.1) is 4.92 Å². The third-order valence-electron chi connectivity index (χ3n) is 2.95. The Kier molecular flexibility index (Phi) is 5.64. The summed E-state index contributed by atoms with van der Waals surface area (Å²) in [5.41, 5.74) is 5.12. The summed E-state index contributed by atoms with van der Waals surface area (Å²) in [6, 6.07) is 3.57. The van der Waals surface area contributed by atoms with E-state index in [1.165, 1.54) is 19.2 Å². The highest BCUT2D eigenvalue weighted by Gasteiger charge is 2.29. The van der Waals surface area contributed by atoms with E-state index in [0.29, 0.717) is 6.42 Å². The van der Waals surface area contributed by atoms with Gasteiger partial charge in [-0.3, -0.25) is 10.1 Å². The normalized spacial score (nSPS) is 12.0. The Bertz CT molecular complexity index is 616. The third-order valence-corrected chi connectivity index (χ3v) is 4.85. The number of nitrogen functional groups attached to an aromatic ring is 1. The largest absolute Gasteiger partial charge is 0.399 e. The maximum atomic E-state index is 12.4. The van der Waals surface area contributed by atoms with Crippen molar-refractivity contribution in [1.29, 1.82) is 0 Å². The van der Waals surface area contributed by atoms with E-state index in [2.05, 4.69) is 0 Å². The lowest BCUT2D eigenvalue weighted by Gasteiger charge is -2.18. The summed E-state index contributed by atoms with van der Waals surface area (Å²) in [5, 5.41) is 11.0. The van der Waals surface area contributed by atoms with E-state index in [0.717, 1.165) is 16.9 Å². The number of nitro groups is 1. The smallest absolute Gasteiger partial charge is 0.291 e. The number of nitrogens with zero attached hydrogens (tertiary/aromatic N) is 3. The number of benzene rings is 1. The number of nitro benzene ring substituents is 1. The van der Waals surface area contributed by atoms with E-state index >= 15 is 0 Å². The summed E-state index contributed by atoms with van der Waals surface area (Å²) < 4.78 is 25.9. The molecule has 9 heteroatoms. The van der Waals surface area contributed by atoms with Gasteiger partial charge >= 0.3 is 0 Å². The Labute approximate surface area is 124 Å². The van der Waals surface area contributed by atoms with Crippen LogP contribution < -0.4 is 5.73 Å². The Balaban J connectivity index is 3.05. The first-order chi connectivity index (χ1) is 9.66. The van der Waals surface area contributed by atoms with Gasteiger partial charge in [0.25, 0.3) is 5.69 Å². The van der Waals surface area contributed by atoms with Gasteiger partial charge in [-0.2, -0.15) is 0 Å². The van der Waals surface area contributed by atoms with Crippen LogP contribution in [0, 0.1) is 10.1 Å². The van der Waals surface area contributed by atoms with Crippen molar-refractivity contribution in [3.63, 3.8) is 0 Å². The number of nitrogens with two attached hydrogens (primary N) is 1. The van der Waals surface area contributed by atoms with Crippen LogP contribution in [0.1, 0.15) is 6.42 Å². The molecule has 0 aliphatic heterocycles. The summed E-state index contributed by atoms with van der Waals surface area (Å²) in [7, 11) is 1.27. The molecule has 0 amide bonds. The first-order valence-electron chi connectivity index (χ1n) is 6.31. The quantitative estimate of drug-likeness (QED) is 0.451. The fourth-order valence-electron chi connectivity index (χ4n) is 1.79. The van der Waals surface area contributed by atoms with Crippen LogP contribution >= 0.6 is 0 Å². The zero-order valence-electron chi connectivity index (χ0n) is 12.3. The van der Waals surface area contributed by atoms with Crippen LogP contribution in [0.3, 0.4) is 0 Å². The van der Waals surface area contributed by atoms with Crippen molar-refractivity contribution in [2.75, 3.05) is 40.0 Å². The van der Waals surface area contributed by atoms with Crippen molar-refractivity contribution in [3.8, 4) is 0 Å². The molecular formula is C12H20N4O4S. The topological polar surface area (TPSA) is 110 Å². The lowest BCUT2D eigenvalue weighted by Crippen LogP contribution is -2.30. The van der Waals surface area contributed by atoms with E-state index in [4.69, 9.17) is 5.73 Å². The first-order valence-corrected chi connectivity index (χ1v) is 7.75. The molecule has 0 fully saturated rings. The molecule has 0 heterocycles. The zero-order chi connectivity index (χ0) is 16.2. The summed E-state index contributed by atoms with van der Waals surface area (Å²) in [6.45, 7) is 1.01. The standard InChI is InChI=1S/C12H20N4O4S/c1-14(2)7-4-8-15(3)21(19,20)12-6-5-10(13)9-11(12)16(17)18/h5-6,9H,4,7-8,13H2,1-3H3.